The number of rotatable bonds is 3. The minimum Gasteiger partial charge on any atom is -0.251 e. The van der Waals surface area contributed by atoms with Crippen LogP contribution >= 0.6 is 23.4 Å². The van der Waals surface area contributed by atoms with E-state index in [4.69, 9.17) is 11.6 Å². The van der Waals surface area contributed by atoms with Gasteiger partial charge in [0.15, 0.2) is 5.65 Å². The van der Waals surface area contributed by atoms with Crippen molar-refractivity contribution in [1.29, 1.82) is 0 Å². The zero-order chi connectivity index (χ0) is 13.9. The summed E-state index contributed by atoms with van der Waals surface area (Å²) in [5.74, 6) is 0. The predicted octanol–water partition coefficient (Wildman–Crippen LogP) is 4.53. The molecule has 1 aromatic carbocycles. The lowest BCUT2D eigenvalue weighted by atomic mass is 10.2. The van der Waals surface area contributed by atoms with Crippen molar-refractivity contribution in [3.05, 3.63) is 59.4 Å². The highest BCUT2D eigenvalue weighted by Crippen LogP contribution is 2.34. The molecule has 0 saturated heterocycles. The van der Waals surface area contributed by atoms with Gasteiger partial charge in [-0.3, -0.25) is 4.98 Å². The molecule has 1 atom stereocenters. The van der Waals surface area contributed by atoms with E-state index in [1.54, 1.807) is 24.2 Å². The number of fused-ring (bicyclic) bond motifs is 1. The molecule has 2 aromatic heterocycles. The zero-order valence-electron chi connectivity index (χ0n) is 10.8. The fourth-order valence-electron chi connectivity index (χ4n) is 1.89. The van der Waals surface area contributed by atoms with Crippen molar-refractivity contribution < 1.29 is 0 Å². The first-order chi connectivity index (χ1) is 9.72. The van der Waals surface area contributed by atoms with Gasteiger partial charge in [0, 0.05) is 22.7 Å². The largest absolute Gasteiger partial charge is 0.251 e. The van der Waals surface area contributed by atoms with Crippen LogP contribution in [0.2, 0.25) is 5.02 Å². The number of benzene rings is 1. The highest BCUT2D eigenvalue weighted by atomic mass is 35.5. The molecule has 100 valence electrons. The molecule has 0 aliphatic carbocycles. The number of thioether (sulfide) groups is 1. The Bertz CT molecular complexity index is 731. The predicted molar refractivity (Wildman–Crippen MR) is 83.1 cm³/mol. The Morgan fingerprint density at radius 3 is 2.55 bits per heavy atom. The first-order valence-electron chi connectivity index (χ1n) is 6.22. The maximum absolute atomic E-state index is 5.91. The second-order valence-corrected chi connectivity index (χ2v) is 6.16. The summed E-state index contributed by atoms with van der Waals surface area (Å²) in [6.45, 7) is 2.15. The number of hydrogen-bond donors (Lipinski definition) is 0. The average Bonchev–Trinajstić information content (AvgIpc) is 2.48. The summed E-state index contributed by atoms with van der Waals surface area (Å²) < 4.78 is 0. The van der Waals surface area contributed by atoms with E-state index in [2.05, 4.69) is 21.9 Å². The third kappa shape index (κ3) is 2.92. The lowest BCUT2D eigenvalue weighted by Gasteiger charge is -2.11. The van der Waals surface area contributed by atoms with Crippen LogP contribution in [0.4, 0.5) is 0 Å². The molecule has 0 spiro atoms. The van der Waals surface area contributed by atoms with Gasteiger partial charge in [0.05, 0.1) is 5.03 Å². The zero-order valence-corrected chi connectivity index (χ0v) is 12.4. The van der Waals surface area contributed by atoms with E-state index in [0.717, 1.165) is 15.6 Å². The molecular weight excluding hydrogens is 290 g/mol. The highest BCUT2D eigenvalue weighted by molar-refractivity contribution is 7.99. The fourth-order valence-corrected chi connectivity index (χ4v) is 2.95. The van der Waals surface area contributed by atoms with E-state index >= 15 is 0 Å². The number of halogens is 1. The van der Waals surface area contributed by atoms with Crippen LogP contribution in [-0.2, 0) is 0 Å². The molecule has 0 amide bonds. The van der Waals surface area contributed by atoms with Gasteiger partial charge in [-0.2, -0.15) is 0 Å². The summed E-state index contributed by atoms with van der Waals surface area (Å²) in [6.07, 6.45) is 3.33. The second-order valence-electron chi connectivity index (χ2n) is 4.36. The van der Waals surface area contributed by atoms with E-state index in [0.29, 0.717) is 10.9 Å². The topological polar surface area (TPSA) is 38.7 Å². The normalized spacial score (nSPS) is 12.5. The van der Waals surface area contributed by atoms with Crippen molar-refractivity contribution in [3.8, 4) is 0 Å². The van der Waals surface area contributed by atoms with Crippen molar-refractivity contribution in [1.82, 2.24) is 15.0 Å². The molecule has 0 aliphatic heterocycles. The summed E-state index contributed by atoms with van der Waals surface area (Å²) in [7, 11) is 0. The van der Waals surface area contributed by atoms with Crippen molar-refractivity contribution >= 4 is 34.5 Å². The van der Waals surface area contributed by atoms with E-state index in [-0.39, 0.29) is 0 Å². The van der Waals surface area contributed by atoms with Gasteiger partial charge in [0.1, 0.15) is 5.52 Å². The standard InChI is InChI=1S/C15H12ClN3S/c1-10(11-2-4-12(16)5-3-11)20-14-7-6-13-15(19-14)18-9-8-17-13/h2-10H,1H3. The molecule has 3 rings (SSSR count). The molecular formula is C15H12ClN3S. The van der Waals surface area contributed by atoms with Gasteiger partial charge in [-0.25, -0.2) is 9.97 Å². The van der Waals surface area contributed by atoms with E-state index < -0.39 is 0 Å². The van der Waals surface area contributed by atoms with Crippen molar-refractivity contribution in [3.63, 3.8) is 0 Å². The van der Waals surface area contributed by atoms with Crippen LogP contribution in [0, 0.1) is 0 Å². The lowest BCUT2D eigenvalue weighted by Crippen LogP contribution is -1.92. The minimum atomic E-state index is 0.300. The fraction of sp³-hybridized carbons (Fsp3) is 0.133. The Balaban J connectivity index is 1.83. The third-order valence-corrected chi connectivity index (χ3v) is 4.29. The Kier molecular flexibility index (Phi) is 3.85. The van der Waals surface area contributed by atoms with Crippen molar-refractivity contribution in [2.75, 3.05) is 0 Å². The maximum atomic E-state index is 5.91. The summed E-state index contributed by atoms with van der Waals surface area (Å²) in [5, 5.41) is 2.00. The first kappa shape index (κ1) is 13.3. The Morgan fingerprint density at radius 1 is 1.00 bits per heavy atom. The van der Waals surface area contributed by atoms with Crippen LogP contribution in [-0.4, -0.2) is 15.0 Å². The molecule has 0 saturated carbocycles. The van der Waals surface area contributed by atoms with Gasteiger partial charge in [0.2, 0.25) is 0 Å². The van der Waals surface area contributed by atoms with Crippen LogP contribution < -0.4 is 0 Å². The molecule has 3 aromatic rings. The number of pyridine rings is 1. The number of hydrogen-bond acceptors (Lipinski definition) is 4. The summed E-state index contributed by atoms with van der Waals surface area (Å²) in [5.41, 5.74) is 2.72. The second kappa shape index (κ2) is 5.77. The SMILES string of the molecule is CC(Sc1ccc2nccnc2n1)c1ccc(Cl)cc1. The van der Waals surface area contributed by atoms with Gasteiger partial charge in [0.25, 0.3) is 0 Å². The Hall–Kier alpha value is -1.65. The first-order valence-corrected chi connectivity index (χ1v) is 7.48. The van der Waals surface area contributed by atoms with Crippen molar-refractivity contribution in [2.45, 2.75) is 17.2 Å². The van der Waals surface area contributed by atoms with Crippen molar-refractivity contribution in [2.24, 2.45) is 0 Å². The lowest BCUT2D eigenvalue weighted by molar-refractivity contribution is 1.06. The highest BCUT2D eigenvalue weighted by Gasteiger charge is 2.09. The van der Waals surface area contributed by atoms with Crippen LogP contribution in [0.1, 0.15) is 17.7 Å². The van der Waals surface area contributed by atoms with Gasteiger partial charge in [-0.15, -0.1) is 0 Å². The molecule has 0 fully saturated rings. The number of aromatic nitrogens is 3. The summed E-state index contributed by atoms with van der Waals surface area (Å²) in [6, 6.07) is 11.8. The number of nitrogens with zero attached hydrogens (tertiary/aromatic N) is 3. The minimum absolute atomic E-state index is 0.300. The average molecular weight is 302 g/mol. The van der Waals surface area contributed by atoms with E-state index in [1.807, 2.05) is 36.4 Å². The molecule has 3 nitrogen and oxygen atoms in total. The molecule has 0 radical (unpaired) electrons. The molecule has 20 heavy (non-hydrogen) atoms. The summed E-state index contributed by atoms with van der Waals surface area (Å²) >= 11 is 7.60. The van der Waals surface area contributed by atoms with Gasteiger partial charge in [-0.1, -0.05) is 35.5 Å². The molecule has 5 heteroatoms. The van der Waals surface area contributed by atoms with Gasteiger partial charge < -0.3 is 0 Å². The molecule has 2 heterocycles. The van der Waals surface area contributed by atoms with E-state index in [1.165, 1.54) is 5.56 Å². The maximum Gasteiger partial charge on any atom is 0.179 e. The van der Waals surface area contributed by atoms with Crippen LogP contribution in [0.15, 0.2) is 53.8 Å². The van der Waals surface area contributed by atoms with Gasteiger partial charge in [-0.05, 0) is 36.8 Å². The smallest absolute Gasteiger partial charge is 0.179 e. The monoisotopic (exact) mass is 301 g/mol. The van der Waals surface area contributed by atoms with Crippen LogP contribution in [0.5, 0.6) is 0 Å². The molecule has 1 unspecified atom stereocenters. The third-order valence-electron chi connectivity index (χ3n) is 2.94. The molecule has 0 aliphatic rings. The van der Waals surface area contributed by atoms with E-state index in [9.17, 15) is 0 Å². The summed E-state index contributed by atoms with van der Waals surface area (Å²) in [4.78, 5) is 13.0. The molecule has 0 bridgehead atoms. The Labute approximate surface area is 126 Å². The quantitative estimate of drug-likeness (QED) is 0.666. The van der Waals surface area contributed by atoms with Crippen LogP contribution in [0.25, 0.3) is 11.2 Å². The molecule has 0 N–H and O–H groups in total. The van der Waals surface area contributed by atoms with Crippen LogP contribution in [0.3, 0.4) is 0 Å². The van der Waals surface area contributed by atoms with Gasteiger partial charge >= 0.3 is 0 Å². The Morgan fingerprint density at radius 2 is 1.75 bits per heavy atom.